The molecule has 0 atom stereocenters. The van der Waals surface area contributed by atoms with E-state index >= 15 is 0 Å². The van der Waals surface area contributed by atoms with Gasteiger partial charge in [-0.2, -0.15) is 0 Å². The lowest BCUT2D eigenvalue weighted by Gasteiger charge is -2.08. The average molecular weight is 357 g/mol. The minimum atomic E-state index is -0.0470. The largest absolute Gasteiger partial charge is 0.311 e. The SMILES string of the molecule is O=C(CCCc1nc2cccnc2n1-c1ccccc1)Nc1ccccn1. The molecule has 1 aromatic carbocycles. The Morgan fingerprint density at radius 3 is 2.56 bits per heavy atom. The highest BCUT2D eigenvalue weighted by Gasteiger charge is 2.13. The number of fused-ring (bicyclic) bond motifs is 1. The van der Waals surface area contributed by atoms with E-state index in [1.807, 2.05) is 54.6 Å². The fraction of sp³-hybridized carbons (Fsp3) is 0.143. The van der Waals surface area contributed by atoms with Gasteiger partial charge in [0.1, 0.15) is 17.2 Å². The summed E-state index contributed by atoms with van der Waals surface area (Å²) in [5.74, 6) is 1.43. The first-order valence-corrected chi connectivity index (χ1v) is 8.90. The third-order valence-corrected chi connectivity index (χ3v) is 4.24. The standard InChI is InChI=1S/C21H19N5O/c27-20(25-18-11-4-5-14-22-18)13-6-12-19-24-17-10-7-15-23-21(17)26(19)16-8-2-1-3-9-16/h1-5,7-11,14-15H,6,12-13H2,(H,22,25,27). The predicted molar refractivity (Wildman–Crippen MR) is 105 cm³/mol. The number of hydrogen-bond donors (Lipinski definition) is 1. The van der Waals surface area contributed by atoms with Crippen LogP contribution >= 0.6 is 0 Å². The number of hydrogen-bond acceptors (Lipinski definition) is 4. The Morgan fingerprint density at radius 1 is 0.926 bits per heavy atom. The fourth-order valence-corrected chi connectivity index (χ4v) is 3.02. The van der Waals surface area contributed by atoms with E-state index in [4.69, 9.17) is 4.98 Å². The van der Waals surface area contributed by atoms with Crippen molar-refractivity contribution < 1.29 is 4.79 Å². The van der Waals surface area contributed by atoms with Gasteiger partial charge in [0, 0.05) is 30.9 Å². The predicted octanol–water partition coefficient (Wildman–Crippen LogP) is 3.78. The van der Waals surface area contributed by atoms with Crippen molar-refractivity contribution in [2.24, 2.45) is 0 Å². The van der Waals surface area contributed by atoms with Gasteiger partial charge >= 0.3 is 0 Å². The smallest absolute Gasteiger partial charge is 0.225 e. The number of benzene rings is 1. The van der Waals surface area contributed by atoms with Crippen molar-refractivity contribution in [2.75, 3.05) is 5.32 Å². The summed E-state index contributed by atoms with van der Waals surface area (Å²) < 4.78 is 2.06. The lowest BCUT2D eigenvalue weighted by atomic mass is 10.2. The topological polar surface area (TPSA) is 72.7 Å². The molecule has 6 heteroatoms. The van der Waals surface area contributed by atoms with Gasteiger partial charge in [0.15, 0.2) is 5.65 Å². The quantitative estimate of drug-likeness (QED) is 0.570. The molecule has 1 N–H and O–H groups in total. The van der Waals surface area contributed by atoms with Crippen molar-refractivity contribution in [3.8, 4) is 5.69 Å². The monoisotopic (exact) mass is 357 g/mol. The molecule has 27 heavy (non-hydrogen) atoms. The maximum absolute atomic E-state index is 12.1. The average Bonchev–Trinajstić information content (AvgIpc) is 3.07. The Balaban J connectivity index is 1.50. The number of imidazole rings is 1. The Labute approximate surface area is 156 Å². The molecule has 0 saturated heterocycles. The van der Waals surface area contributed by atoms with Crippen molar-refractivity contribution in [1.82, 2.24) is 19.5 Å². The first-order valence-electron chi connectivity index (χ1n) is 8.90. The van der Waals surface area contributed by atoms with Gasteiger partial charge in [0.05, 0.1) is 0 Å². The zero-order chi connectivity index (χ0) is 18.5. The third kappa shape index (κ3) is 3.84. The molecule has 0 fully saturated rings. The van der Waals surface area contributed by atoms with Crippen LogP contribution in [0.15, 0.2) is 73.1 Å². The Hall–Kier alpha value is -3.54. The van der Waals surface area contributed by atoms with Crippen LogP contribution in [0.4, 0.5) is 5.82 Å². The summed E-state index contributed by atoms with van der Waals surface area (Å²) in [6.07, 6.45) is 5.20. The number of rotatable bonds is 6. The van der Waals surface area contributed by atoms with Crippen LogP contribution in [0.5, 0.6) is 0 Å². The summed E-state index contributed by atoms with van der Waals surface area (Å²) >= 11 is 0. The van der Waals surface area contributed by atoms with E-state index in [0.717, 1.165) is 22.7 Å². The second-order valence-corrected chi connectivity index (χ2v) is 6.16. The minimum absolute atomic E-state index is 0.0470. The highest BCUT2D eigenvalue weighted by molar-refractivity contribution is 5.89. The zero-order valence-electron chi connectivity index (χ0n) is 14.7. The van der Waals surface area contributed by atoms with Crippen molar-refractivity contribution in [2.45, 2.75) is 19.3 Å². The Kier molecular flexibility index (Phi) is 4.87. The number of pyridine rings is 2. The molecule has 0 unspecified atom stereocenters. The van der Waals surface area contributed by atoms with Crippen molar-refractivity contribution in [1.29, 1.82) is 0 Å². The fourth-order valence-electron chi connectivity index (χ4n) is 3.02. The van der Waals surface area contributed by atoms with Gasteiger partial charge in [0.2, 0.25) is 5.91 Å². The van der Waals surface area contributed by atoms with Gasteiger partial charge in [-0.15, -0.1) is 0 Å². The number of carbonyl (C=O) groups excluding carboxylic acids is 1. The Bertz CT molecular complexity index is 1040. The van der Waals surface area contributed by atoms with Gasteiger partial charge in [-0.25, -0.2) is 15.0 Å². The summed E-state index contributed by atoms with van der Waals surface area (Å²) in [6.45, 7) is 0. The summed E-state index contributed by atoms with van der Waals surface area (Å²) in [6, 6.07) is 19.3. The van der Waals surface area contributed by atoms with E-state index in [1.54, 1.807) is 18.5 Å². The van der Waals surface area contributed by atoms with Gasteiger partial charge in [0.25, 0.3) is 0 Å². The maximum Gasteiger partial charge on any atom is 0.225 e. The molecule has 3 heterocycles. The van der Waals surface area contributed by atoms with E-state index in [2.05, 4.69) is 19.9 Å². The molecule has 0 aliphatic rings. The molecule has 1 amide bonds. The van der Waals surface area contributed by atoms with Crippen molar-refractivity contribution in [3.63, 3.8) is 0 Å². The van der Waals surface area contributed by atoms with Crippen LogP contribution < -0.4 is 5.32 Å². The number of nitrogens with one attached hydrogen (secondary N) is 1. The number of aryl methyl sites for hydroxylation is 1. The zero-order valence-corrected chi connectivity index (χ0v) is 14.7. The molecule has 0 aliphatic carbocycles. The van der Waals surface area contributed by atoms with Gasteiger partial charge in [-0.1, -0.05) is 24.3 Å². The molecule has 4 rings (SSSR count). The second-order valence-electron chi connectivity index (χ2n) is 6.16. The summed E-state index contributed by atoms with van der Waals surface area (Å²) in [5, 5.41) is 2.81. The minimum Gasteiger partial charge on any atom is -0.311 e. The van der Waals surface area contributed by atoms with Crippen molar-refractivity contribution in [3.05, 3.63) is 78.9 Å². The van der Waals surface area contributed by atoms with E-state index in [1.165, 1.54) is 0 Å². The van der Waals surface area contributed by atoms with Crippen LogP contribution in [-0.4, -0.2) is 25.4 Å². The molecule has 0 aliphatic heterocycles. The van der Waals surface area contributed by atoms with Crippen LogP contribution in [0.3, 0.4) is 0 Å². The summed E-state index contributed by atoms with van der Waals surface area (Å²) in [7, 11) is 0. The number of aromatic nitrogens is 4. The maximum atomic E-state index is 12.1. The van der Waals surface area contributed by atoms with Crippen LogP contribution in [0.2, 0.25) is 0 Å². The first-order chi connectivity index (χ1) is 13.3. The highest BCUT2D eigenvalue weighted by Crippen LogP contribution is 2.21. The molecular formula is C21H19N5O. The van der Waals surface area contributed by atoms with Crippen LogP contribution in [0.1, 0.15) is 18.7 Å². The van der Waals surface area contributed by atoms with Crippen LogP contribution in [0.25, 0.3) is 16.9 Å². The number of para-hydroxylation sites is 1. The van der Waals surface area contributed by atoms with E-state index in [0.29, 0.717) is 25.1 Å². The lowest BCUT2D eigenvalue weighted by molar-refractivity contribution is -0.116. The molecular weight excluding hydrogens is 338 g/mol. The summed E-state index contributed by atoms with van der Waals surface area (Å²) in [5.41, 5.74) is 2.71. The molecule has 0 bridgehead atoms. The number of anilines is 1. The van der Waals surface area contributed by atoms with Crippen molar-refractivity contribution >= 4 is 22.9 Å². The highest BCUT2D eigenvalue weighted by atomic mass is 16.1. The number of carbonyl (C=O) groups is 1. The lowest BCUT2D eigenvalue weighted by Crippen LogP contribution is -2.13. The molecule has 0 spiro atoms. The molecule has 0 saturated carbocycles. The number of nitrogens with zero attached hydrogens (tertiary/aromatic N) is 4. The van der Waals surface area contributed by atoms with Crippen LogP contribution in [0, 0.1) is 0 Å². The molecule has 3 aromatic heterocycles. The van der Waals surface area contributed by atoms with E-state index in [9.17, 15) is 4.79 Å². The molecule has 0 radical (unpaired) electrons. The van der Waals surface area contributed by atoms with Crippen LogP contribution in [-0.2, 0) is 11.2 Å². The van der Waals surface area contributed by atoms with Gasteiger partial charge < -0.3 is 5.32 Å². The first kappa shape index (κ1) is 16.9. The molecule has 4 aromatic rings. The Morgan fingerprint density at radius 2 is 1.74 bits per heavy atom. The van der Waals surface area contributed by atoms with E-state index in [-0.39, 0.29) is 5.91 Å². The number of amides is 1. The normalized spacial score (nSPS) is 10.8. The summed E-state index contributed by atoms with van der Waals surface area (Å²) in [4.78, 5) is 25.5. The van der Waals surface area contributed by atoms with E-state index < -0.39 is 0 Å². The second kappa shape index (κ2) is 7.78. The van der Waals surface area contributed by atoms with Gasteiger partial charge in [-0.3, -0.25) is 9.36 Å². The van der Waals surface area contributed by atoms with Gasteiger partial charge in [-0.05, 0) is 42.8 Å². The third-order valence-electron chi connectivity index (χ3n) is 4.24. The molecule has 6 nitrogen and oxygen atoms in total. The molecule has 134 valence electrons.